The number of nitrogens with zero attached hydrogens (tertiary/aromatic N) is 10. The van der Waals surface area contributed by atoms with Crippen molar-refractivity contribution in [3.8, 4) is 69.0 Å². The highest BCUT2D eigenvalue weighted by atomic mass is 16.6. The van der Waals surface area contributed by atoms with Crippen LogP contribution in [-0.2, 0) is 54.8 Å². The van der Waals surface area contributed by atoms with Crippen LogP contribution in [0.5, 0.6) is 69.0 Å². The molecule has 34 nitrogen and oxygen atoms in total. The summed E-state index contributed by atoms with van der Waals surface area (Å²) in [6, 6.07) is 52.8. The lowest BCUT2D eigenvalue weighted by Gasteiger charge is -2.40. The Morgan fingerprint density at radius 3 is 0.903 bits per heavy atom. The van der Waals surface area contributed by atoms with Crippen molar-refractivity contribution in [2.24, 2.45) is 9.98 Å². The zero-order valence-corrected chi connectivity index (χ0v) is 81.8. The fourth-order valence-electron chi connectivity index (χ4n) is 18.9. The van der Waals surface area contributed by atoms with Gasteiger partial charge in [0, 0.05) is 77.5 Å². The number of fused-ring (bicyclic) bond motifs is 8. The SMILES string of the molecule is C=CCOC(=O)N1c2cc(OCc3cccc(COc4cc5c(cc4OC)C(=O)N4CC=C(c6ccc(OC)cc6)C[C@H]4C(OC)N5C(=O)OCC=C)n3)c(OC)cc2C(=O)N2CC=C(c3ccc(OC)cc3)C[C@H]2C1OC.COC1=Nc2cc(OCc3cccc(COc4cc5c(cc4OC)C(=O)N4CC=C(c6ccc(OC)cc6)C[C@H]4C(OC)=N5)n3)c(OC)cc2C(=O)N2CC=C(c3ccc(OC)cc3)C[C@@H]12. The normalized spacial score (nSPS) is 18.1. The summed E-state index contributed by atoms with van der Waals surface area (Å²) in [5.74, 6) is 5.13. The van der Waals surface area contributed by atoms with Crippen LogP contribution in [0.4, 0.5) is 32.3 Å². The van der Waals surface area contributed by atoms with Crippen LogP contribution in [0.25, 0.3) is 22.3 Å². The standard InChI is InChI=1S/C59H61N5O14.C51H49N5O10/c1-9-26-75-58(67)63-46-32-52(50(71-5)30-44(46)54(65)61-24-22-38(28-48(61)56(63)73-7)36-14-18-42(69-3)19-15-36)77-34-40-12-11-13-41(60-40)35-78-53-33-47-45(31-51(53)72-6)55(66)62-25-23-39(37-16-20-43(70-4)21-17-37)29-49(62)57(74-8)64(47)59(68)76-27-10-2;1-59-36-14-10-30(11-15-36)32-18-20-55-42(22-32)48(63-5)53-40-26-46(44(61-3)24-38(40)50(55)57)65-28-34-8-7-9-35(52-34)29-66-47-27-41-39(25-45(47)62-4)51(58)56-21-19-33(23-43(56)49(54-41)64-6)31-12-16-37(60-2)17-13-31/h9-23,30-33,48-49,56-57H,1-2,24-29,34-35H2,3-8H3;7-19,24-27,42-43H,20-23,28-29H2,1-6H3/t48-,49-,56?,57?;42-,43-/m00/s1. The van der Waals surface area contributed by atoms with Gasteiger partial charge in [0.1, 0.15) is 74.7 Å². The van der Waals surface area contributed by atoms with Gasteiger partial charge in [-0.05, 0) is 154 Å². The van der Waals surface area contributed by atoms with E-state index in [-0.39, 0.29) is 122 Å². The highest BCUT2D eigenvalue weighted by molar-refractivity contribution is 6.10. The number of rotatable bonds is 30. The monoisotopic (exact) mass is 1950 g/mol. The third-order valence-electron chi connectivity index (χ3n) is 26.2. The Hall–Kier alpha value is -16.6. The van der Waals surface area contributed by atoms with Gasteiger partial charge in [-0.2, -0.15) is 0 Å². The van der Waals surface area contributed by atoms with Crippen molar-refractivity contribution in [2.45, 2.75) is 88.7 Å². The Morgan fingerprint density at radius 2 is 0.618 bits per heavy atom. The number of aromatic nitrogens is 2. The molecule has 0 spiro atoms. The van der Waals surface area contributed by atoms with E-state index < -0.39 is 48.8 Å². The van der Waals surface area contributed by atoms with Crippen molar-refractivity contribution >= 4 is 92.7 Å². The lowest BCUT2D eigenvalue weighted by molar-refractivity contribution is 0.0175. The van der Waals surface area contributed by atoms with E-state index in [2.05, 4.69) is 25.3 Å². The first-order valence-corrected chi connectivity index (χ1v) is 46.5. The molecule has 8 aliphatic rings. The first kappa shape index (κ1) is 99.0. The summed E-state index contributed by atoms with van der Waals surface area (Å²) in [5.41, 5.74) is 12.6. The van der Waals surface area contributed by atoms with E-state index in [1.54, 1.807) is 129 Å². The van der Waals surface area contributed by atoms with Gasteiger partial charge in [0.05, 0.1) is 151 Å². The maximum atomic E-state index is 14.6. The predicted octanol–water partition coefficient (Wildman–Crippen LogP) is 17.4. The van der Waals surface area contributed by atoms with Crippen molar-refractivity contribution in [1.82, 2.24) is 29.6 Å². The quantitative estimate of drug-likeness (QED) is 0.0377. The van der Waals surface area contributed by atoms with E-state index in [9.17, 15) is 28.8 Å². The Labute approximate surface area is 833 Å². The molecule has 8 aromatic carbocycles. The molecule has 18 rings (SSSR count). The number of anilines is 2. The first-order chi connectivity index (χ1) is 70.2. The average Bonchev–Trinajstić information content (AvgIpc) is 1.60. The van der Waals surface area contributed by atoms with Gasteiger partial charge < -0.3 is 105 Å². The molecule has 10 aromatic rings. The Kier molecular flexibility index (Phi) is 30.6. The third-order valence-corrected chi connectivity index (χ3v) is 26.2. The molecule has 0 saturated heterocycles. The van der Waals surface area contributed by atoms with Crippen molar-refractivity contribution in [3.05, 3.63) is 299 Å². The van der Waals surface area contributed by atoms with E-state index in [1.165, 1.54) is 64.6 Å². The van der Waals surface area contributed by atoms with Crippen LogP contribution < -0.4 is 66.6 Å². The molecule has 744 valence electrons. The van der Waals surface area contributed by atoms with Crippen LogP contribution in [0.2, 0.25) is 0 Å². The minimum atomic E-state index is -0.985. The Morgan fingerprint density at radius 1 is 0.333 bits per heavy atom. The zero-order chi connectivity index (χ0) is 101. The largest absolute Gasteiger partial charge is 0.497 e. The molecule has 6 atom stereocenters. The van der Waals surface area contributed by atoms with Crippen LogP contribution in [0, 0.1) is 0 Å². The van der Waals surface area contributed by atoms with Crippen LogP contribution in [0.3, 0.4) is 0 Å². The Bertz CT molecular complexity index is 6350. The summed E-state index contributed by atoms with van der Waals surface area (Å²) in [7, 11) is 18.6. The highest BCUT2D eigenvalue weighted by Crippen LogP contribution is 2.49. The second kappa shape index (κ2) is 44.5. The van der Waals surface area contributed by atoms with Crippen LogP contribution in [0.15, 0.2) is 242 Å². The summed E-state index contributed by atoms with van der Waals surface area (Å²) in [5, 5.41) is 0. The van der Waals surface area contributed by atoms with Gasteiger partial charge in [-0.1, -0.05) is 110 Å². The number of methoxy groups -OCH3 is 12. The van der Waals surface area contributed by atoms with Gasteiger partial charge in [0.25, 0.3) is 23.6 Å². The number of carbonyl (C=O) groups is 6. The maximum absolute atomic E-state index is 14.6. The number of hydrogen-bond acceptors (Lipinski definition) is 28. The fraction of sp³-hybridized carbons (Fsp3) is 0.291. The van der Waals surface area contributed by atoms with Gasteiger partial charge in [0.15, 0.2) is 58.5 Å². The average molecular weight is 1960 g/mol. The van der Waals surface area contributed by atoms with Crippen molar-refractivity contribution in [2.75, 3.05) is 135 Å². The maximum Gasteiger partial charge on any atom is 0.416 e. The van der Waals surface area contributed by atoms with Crippen molar-refractivity contribution < 1.29 is 114 Å². The Balaban J connectivity index is 0.000000200. The smallest absolute Gasteiger partial charge is 0.416 e. The topological polar surface area (TPSA) is 338 Å². The number of amides is 6. The van der Waals surface area contributed by atoms with Gasteiger partial charge >= 0.3 is 12.2 Å². The number of benzene rings is 8. The molecule has 144 heavy (non-hydrogen) atoms. The van der Waals surface area contributed by atoms with Crippen molar-refractivity contribution in [1.29, 1.82) is 0 Å². The van der Waals surface area contributed by atoms with Crippen LogP contribution >= 0.6 is 0 Å². The van der Waals surface area contributed by atoms with Crippen LogP contribution in [0.1, 0.15) is 112 Å². The van der Waals surface area contributed by atoms with Gasteiger partial charge in [-0.25, -0.2) is 29.4 Å². The summed E-state index contributed by atoms with van der Waals surface area (Å²) >= 11 is 0. The molecule has 0 aliphatic carbocycles. The molecule has 0 N–H and O–H groups in total. The lowest BCUT2D eigenvalue weighted by Crippen LogP contribution is -2.55. The van der Waals surface area contributed by atoms with Crippen LogP contribution in [-0.4, -0.2) is 239 Å². The molecule has 10 heterocycles. The lowest BCUT2D eigenvalue weighted by atomic mass is 9.92. The van der Waals surface area contributed by atoms with E-state index in [0.29, 0.717) is 130 Å². The molecule has 6 amide bonds. The second-order valence-electron chi connectivity index (χ2n) is 34.2. The van der Waals surface area contributed by atoms with Gasteiger partial charge in [-0.3, -0.25) is 29.1 Å². The van der Waals surface area contributed by atoms with Crippen molar-refractivity contribution in [3.63, 3.8) is 0 Å². The summed E-state index contributed by atoms with van der Waals surface area (Å²) in [6.45, 7) is 8.48. The van der Waals surface area contributed by atoms with E-state index in [4.69, 9.17) is 105 Å². The van der Waals surface area contributed by atoms with E-state index >= 15 is 0 Å². The molecule has 2 aromatic heterocycles. The van der Waals surface area contributed by atoms with E-state index in [0.717, 1.165) is 56.0 Å². The van der Waals surface area contributed by atoms with Gasteiger partial charge in [-0.15, -0.1) is 0 Å². The number of hydrogen-bond donors (Lipinski definition) is 0. The molecular weight excluding hydrogens is 1850 g/mol. The minimum absolute atomic E-state index is 0.0766. The minimum Gasteiger partial charge on any atom is -0.497 e. The second-order valence-corrected chi connectivity index (χ2v) is 34.2. The number of carbonyl (C=O) groups excluding carboxylic acids is 6. The summed E-state index contributed by atoms with van der Waals surface area (Å²) < 4.78 is 105. The molecule has 0 fully saturated rings. The molecular formula is C110H110N10O24. The molecule has 0 saturated carbocycles. The predicted molar refractivity (Wildman–Crippen MR) is 537 cm³/mol. The summed E-state index contributed by atoms with van der Waals surface area (Å²) in [6.07, 6.45) is 9.33. The molecule has 0 radical (unpaired) electrons. The number of aliphatic imine (C=N–C) groups is 2. The highest BCUT2D eigenvalue weighted by Gasteiger charge is 2.49. The third kappa shape index (κ3) is 20.5. The van der Waals surface area contributed by atoms with E-state index in [1.807, 2.05) is 127 Å². The summed E-state index contributed by atoms with van der Waals surface area (Å²) in [4.78, 5) is 115. The zero-order valence-electron chi connectivity index (χ0n) is 81.8. The number of ether oxygens (including phenoxy) is 18. The van der Waals surface area contributed by atoms with Gasteiger partial charge in [0.2, 0.25) is 11.8 Å². The molecule has 8 aliphatic heterocycles. The fourth-order valence-corrected chi connectivity index (χ4v) is 18.9. The number of pyridine rings is 2. The first-order valence-electron chi connectivity index (χ1n) is 46.5. The molecule has 0 bridgehead atoms. The molecule has 34 heteroatoms. The molecule has 2 unspecified atom stereocenters.